The van der Waals surface area contributed by atoms with Crippen molar-refractivity contribution in [3.05, 3.63) is 18.2 Å². The van der Waals surface area contributed by atoms with Crippen LogP contribution in [-0.4, -0.2) is 14.9 Å². The zero-order chi connectivity index (χ0) is 8.55. The number of imidazole rings is 1. The van der Waals surface area contributed by atoms with Gasteiger partial charge in [0, 0.05) is 29.7 Å². The fourth-order valence-electron chi connectivity index (χ4n) is 1.68. The summed E-state index contributed by atoms with van der Waals surface area (Å²) in [5, 5.41) is 1.13. The summed E-state index contributed by atoms with van der Waals surface area (Å²) in [6, 6.07) is 0. The lowest BCUT2D eigenvalue weighted by molar-refractivity contribution is 0.702. The molecular formula is C9H13BrN2. The van der Waals surface area contributed by atoms with Gasteiger partial charge in [0.05, 0.1) is 6.33 Å². The standard InChI is InChI=1S/C9H13BrN2/c1-2-12-6-11-5-9(12)8-3-7(8)4-10/h5-8H,2-4H2,1H3. The molecule has 2 atom stereocenters. The zero-order valence-electron chi connectivity index (χ0n) is 7.20. The normalized spacial score (nSPS) is 27.5. The first-order chi connectivity index (χ1) is 5.86. The molecule has 0 aliphatic heterocycles. The maximum atomic E-state index is 4.17. The Morgan fingerprint density at radius 3 is 3.17 bits per heavy atom. The van der Waals surface area contributed by atoms with Crippen molar-refractivity contribution in [2.24, 2.45) is 5.92 Å². The summed E-state index contributed by atoms with van der Waals surface area (Å²) in [5.41, 5.74) is 1.42. The summed E-state index contributed by atoms with van der Waals surface area (Å²) >= 11 is 3.52. The summed E-state index contributed by atoms with van der Waals surface area (Å²) in [6.07, 6.45) is 5.27. The molecule has 0 saturated heterocycles. The molecule has 12 heavy (non-hydrogen) atoms. The van der Waals surface area contributed by atoms with Crippen molar-refractivity contribution in [1.82, 2.24) is 9.55 Å². The number of nitrogens with zero attached hydrogens (tertiary/aromatic N) is 2. The van der Waals surface area contributed by atoms with Gasteiger partial charge in [-0.1, -0.05) is 15.9 Å². The van der Waals surface area contributed by atoms with Crippen LogP contribution in [0.25, 0.3) is 0 Å². The molecule has 1 saturated carbocycles. The summed E-state index contributed by atoms with van der Waals surface area (Å²) < 4.78 is 2.24. The van der Waals surface area contributed by atoms with Gasteiger partial charge in [0.2, 0.25) is 0 Å². The first kappa shape index (κ1) is 8.30. The summed E-state index contributed by atoms with van der Waals surface area (Å²) in [5.74, 6) is 1.62. The number of aromatic nitrogens is 2. The number of alkyl halides is 1. The molecule has 66 valence electrons. The molecule has 1 heterocycles. The van der Waals surface area contributed by atoms with Crippen molar-refractivity contribution in [1.29, 1.82) is 0 Å². The van der Waals surface area contributed by atoms with Gasteiger partial charge in [-0.15, -0.1) is 0 Å². The fourth-order valence-corrected chi connectivity index (χ4v) is 2.40. The minimum atomic E-state index is 0.770. The minimum Gasteiger partial charge on any atom is -0.335 e. The average molecular weight is 229 g/mol. The van der Waals surface area contributed by atoms with E-state index in [0.717, 1.165) is 23.7 Å². The topological polar surface area (TPSA) is 17.8 Å². The Morgan fingerprint density at radius 2 is 2.58 bits per heavy atom. The lowest BCUT2D eigenvalue weighted by Crippen LogP contribution is -1.98. The maximum Gasteiger partial charge on any atom is 0.0948 e. The fraction of sp³-hybridized carbons (Fsp3) is 0.667. The molecule has 1 fully saturated rings. The minimum absolute atomic E-state index is 0.770. The van der Waals surface area contributed by atoms with E-state index in [1.807, 2.05) is 12.5 Å². The van der Waals surface area contributed by atoms with E-state index in [4.69, 9.17) is 0 Å². The first-order valence-corrected chi connectivity index (χ1v) is 5.55. The Balaban J connectivity index is 2.13. The van der Waals surface area contributed by atoms with Gasteiger partial charge in [-0.05, 0) is 19.3 Å². The van der Waals surface area contributed by atoms with Gasteiger partial charge in [0.15, 0.2) is 0 Å². The van der Waals surface area contributed by atoms with Crippen LogP contribution in [0.15, 0.2) is 12.5 Å². The van der Waals surface area contributed by atoms with Crippen molar-refractivity contribution in [3.63, 3.8) is 0 Å². The third-order valence-electron chi connectivity index (χ3n) is 2.59. The molecule has 2 rings (SSSR count). The van der Waals surface area contributed by atoms with E-state index >= 15 is 0 Å². The van der Waals surface area contributed by atoms with E-state index in [9.17, 15) is 0 Å². The van der Waals surface area contributed by atoms with Crippen LogP contribution in [0.3, 0.4) is 0 Å². The van der Waals surface area contributed by atoms with Gasteiger partial charge in [-0.3, -0.25) is 0 Å². The Kier molecular flexibility index (Phi) is 2.22. The largest absolute Gasteiger partial charge is 0.335 e. The number of hydrogen-bond donors (Lipinski definition) is 0. The van der Waals surface area contributed by atoms with Gasteiger partial charge in [0.25, 0.3) is 0 Å². The van der Waals surface area contributed by atoms with Crippen molar-refractivity contribution in [2.45, 2.75) is 25.8 Å². The highest BCUT2D eigenvalue weighted by atomic mass is 79.9. The molecule has 0 radical (unpaired) electrons. The molecule has 0 N–H and O–H groups in total. The molecule has 3 heteroatoms. The first-order valence-electron chi connectivity index (χ1n) is 4.42. The Labute approximate surface area is 81.1 Å². The average Bonchev–Trinajstić information content (AvgIpc) is 2.74. The third-order valence-corrected chi connectivity index (χ3v) is 3.42. The molecule has 1 aliphatic rings. The second-order valence-corrected chi connectivity index (χ2v) is 4.01. The van der Waals surface area contributed by atoms with E-state index in [1.54, 1.807) is 0 Å². The number of halogens is 1. The molecule has 2 nitrogen and oxygen atoms in total. The maximum absolute atomic E-state index is 4.17. The predicted molar refractivity (Wildman–Crippen MR) is 52.5 cm³/mol. The quantitative estimate of drug-likeness (QED) is 0.727. The van der Waals surface area contributed by atoms with Crippen molar-refractivity contribution < 1.29 is 0 Å². The van der Waals surface area contributed by atoms with E-state index in [2.05, 4.69) is 32.4 Å². The van der Waals surface area contributed by atoms with Crippen LogP contribution < -0.4 is 0 Å². The van der Waals surface area contributed by atoms with Gasteiger partial charge in [-0.25, -0.2) is 4.98 Å². The van der Waals surface area contributed by atoms with Crippen LogP contribution in [0.1, 0.15) is 25.0 Å². The molecular weight excluding hydrogens is 216 g/mol. The van der Waals surface area contributed by atoms with Crippen LogP contribution in [-0.2, 0) is 6.54 Å². The highest BCUT2D eigenvalue weighted by Gasteiger charge is 2.39. The number of hydrogen-bond acceptors (Lipinski definition) is 1. The second-order valence-electron chi connectivity index (χ2n) is 3.36. The smallest absolute Gasteiger partial charge is 0.0948 e. The van der Waals surface area contributed by atoms with Crippen LogP contribution in [0, 0.1) is 5.92 Å². The van der Waals surface area contributed by atoms with Gasteiger partial charge in [0.1, 0.15) is 0 Å². The predicted octanol–water partition coefficient (Wildman–Crippen LogP) is 2.40. The molecule has 1 aromatic rings. The summed E-state index contributed by atoms with van der Waals surface area (Å²) in [7, 11) is 0. The highest BCUT2D eigenvalue weighted by Crippen LogP contribution is 2.48. The highest BCUT2D eigenvalue weighted by molar-refractivity contribution is 9.09. The molecule has 0 aromatic carbocycles. The SMILES string of the molecule is CCn1cncc1C1CC1CBr. The van der Waals surface area contributed by atoms with E-state index in [-0.39, 0.29) is 0 Å². The molecule has 1 aromatic heterocycles. The molecule has 0 amide bonds. The molecule has 2 unspecified atom stereocenters. The Hall–Kier alpha value is -0.310. The lowest BCUT2D eigenvalue weighted by Gasteiger charge is -2.02. The number of rotatable bonds is 3. The van der Waals surface area contributed by atoms with Gasteiger partial charge in [-0.2, -0.15) is 0 Å². The van der Waals surface area contributed by atoms with Crippen molar-refractivity contribution in [3.8, 4) is 0 Å². The van der Waals surface area contributed by atoms with Crippen LogP contribution in [0.5, 0.6) is 0 Å². The van der Waals surface area contributed by atoms with E-state index < -0.39 is 0 Å². The van der Waals surface area contributed by atoms with Crippen molar-refractivity contribution >= 4 is 15.9 Å². The summed E-state index contributed by atoms with van der Waals surface area (Å²) in [6.45, 7) is 3.21. The van der Waals surface area contributed by atoms with Crippen molar-refractivity contribution in [2.75, 3.05) is 5.33 Å². The van der Waals surface area contributed by atoms with Gasteiger partial charge < -0.3 is 4.57 Å². The molecule has 1 aliphatic carbocycles. The monoisotopic (exact) mass is 228 g/mol. The second kappa shape index (κ2) is 3.21. The number of aryl methyl sites for hydroxylation is 1. The van der Waals surface area contributed by atoms with Gasteiger partial charge >= 0.3 is 0 Å². The Morgan fingerprint density at radius 1 is 1.75 bits per heavy atom. The Bertz CT molecular complexity index is 269. The zero-order valence-corrected chi connectivity index (χ0v) is 8.79. The van der Waals surface area contributed by atoms with Crippen LogP contribution in [0.2, 0.25) is 0 Å². The van der Waals surface area contributed by atoms with E-state index in [0.29, 0.717) is 0 Å². The van der Waals surface area contributed by atoms with Crippen LogP contribution in [0.4, 0.5) is 0 Å². The molecule has 0 spiro atoms. The third kappa shape index (κ3) is 1.30. The lowest BCUT2D eigenvalue weighted by atomic mass is 10.2. The van der Waals surface area contributed by atoms with E-state index in [1.165, 1.54) is 12.1 Å². The molecule has 0 bridgehead atoms. The summed E-state index contributed by atoms with van der Waals surface area (Å²) in [4.78, 5) is 4.17. The van der Waals surface area contributed by atoms with Crippen LogP contribution >= 0.6 is 15.9 Å².